The van der Waals surface area contributed by atoms with E-state index < -0.39 is 6.16 Å². The largest absolute Gasteiger partial charge is 0.503 e. The van der Waals surface area contributed by atoms with E-state index in [0.717, 1.165) is 0 Å². The van der Waals surface area contributed by atoms with Gasteiger partial charge in [-0.05, 0) is 32.5 Å². The number of hydrogen-bond acceptors (Lipinski definition) is 2. The van der Waals surface area contributed by atoms with Gasteiger partial charge in [0.25, 0.3) is 0 Å². The maximum absolute atomic E-state index is 8.56. The first-order valence-corrected chi connectivity index (χ1v) is 10.1. The molecule has 0 aliphatic heterocycles. The number of carboxylic acid groups (broad SMARTS) is 2. The van der Waals surface area contributed by atoms with Crippen molar-refractivity contribution in [2.75, 3.05) is 14.1 Å². The normalized spacial score (nSPS) is 11.7. The molecule has 0 aliphatic rings. The predicted molar refractivity (Wildman–Crippen MR) is 110 cm³/mol. The summed E-state index contributed by atoms with van der Waals surface area (Å²) in [7, 11) is 4.45. The quantitative estimate of drug-likeness (QED) is 0.402. The molecule has 0 amide bonds. The summed E-state index contributed by atoms with van der Waals surface area (Å²) in [4.78, 5) is 11.0. The van der Waals surface area contributed by atoms with Gasteiger partial charge in [0.15, 0.2) is 0 Å². The molecule has 0 aromatic heterocycles. The van der Waals surface area contributed by atoms with Gasteiger partial charge in [0.05, 0.1) is 0 Å². The Bertz CT molecular complexity index is 430. The first kappa shape index (κ1) is 24.5. The zero-order chi connectivity index (χ0) is 19.6. The van der Waals surface area contributed by atoms with Gasteiger partial charge in [-0.15, -0.1) is 0 Å². The number of unbranched alkanes of at least 4 members (excludes halogenated alkanes) is 8. The molecule has 0 aliphatic carbocycles. The van der Waals surface area contributed by atoms with Crippen LogP contribution in [-0.4, -0.2) is 41.4 Å². The molecule has 0 saturated heterocycles. The molecule has 1 atom stereocenters. The standard InChI is InChI=1S/C21H37N.CH2O3/c1-4-5-6-7-8-9-10-11-15-18-21(22(2)3)19-20-16-13-12-14-17-20;2-1(3)4/h12-14,16-17,21H,4-11,15,18-19H2,1-3H3;(H2,2,3,4). The summed E-state index contributed by atoms with van der Waals surface area (Å²) in [5.41, 5.74) is 1.47. The molecule has 0 heterocycles. The average molecular weight is 366 g/mol. The summed E-state index contributed by atoms with van der Waals surface area (Å²) in [6.45, 7) is 2.29. The maximum Gasteiger partial charge on any atom is 0.503 e. The van der Waals surface area contributed by atoms with E-state index in [1.54, 1.807) is 0 Å². The van der Waals surface area contributed by atoms with E-state index in [2.05, 4.69) is 56.3 Å². The van der Waals surface area contributed by atoms with Crippen molar-refractivity contribution in [3.8, 4) is 0 Å². The molecular formula is C22H39NO3. The Balaban J connectivity index is 0.00000141. The van der Waals surface area contributed by atoms with E-state index in [1.165, 1.54) is 76.2 Å². The minimum absolute atomic E-state index is 0.687. The van der Waals surface area contributed by atoms with E-state index in [0.29, 0.717) is 6.04 Å². The van der Waals surface area contributed by atoms with Gasteiger partial charge >= 0.3 is 6.16 Å². The van der Waals surface area contributed by atoms with Gasteiger partial charge in [-0.3, -0.25) is 0 Å². The molecule has 1 aromatic rings. The van der Waals surface area contributed by atoms with Gasteiger partial charge in [0, 0.05) is 6.04 Å². The summed E-state index contributed by atoms with van der Waals surface area (Å²) < 4.78 is 0. The zero-order valence-electron chi connectivity index (χ0n) is 17.0. The predicted octanol–water partition coefficient (Wildman–Crippen LogP) is 6.30. The monoisotopic (exact) mass is 365 g/mol. The Morgan fingerprint density at radius 2 is 1.35 bits per heavy atom. The van der Waals surface area contributed by atoms with Crippen molar-refractivity contribution in [2.45, 2.75) is 83.6 Å². The van der Waals surface area contributed by atoms with E-state index in [-0.39, 0.29) is 0 Å². The third-order valence-electron chi connectivity index (χ3n) is 4.69. The highest BCUT2D eigenvalue weighted by Gasteiger charge is 2.11. The highest BCUT2D eigenvalue weighted by Crippen LogP contribution is 2.15. The lowest BCUT2D eigenvalue weighted by Gasteiger charge is -2.24. The second kappa shape index (κ2) is 16.9. The summed E-state index contributed by atoms with van der Waals surface area (Å²) in [5, 5.41) is 13.9. The van der Waals surface area contributed by atoms with Gasteiger partial charge in [0.2, 0.25) is 0 Å². The maximum atomic E-state index is 8.56. The zero-order valence-corrected chi connectivity index (χ0v) is 17.0. The number of carbonyl (C=O) groups is 1. The first-order valence-electron chi connectivity index (χ1n) is 10.1. The fourth-order valence-corrected chi connectivity index (χ4v) is 3.12. The molecular weight excluding hydrogens is 326 g/mol. The molecule has 1 aromatic carbocycles. The van der Waals surface area contributed by atoms with Crippen LogP contribution in [0.25, 0.3) is 0 Å². The topological polar surface area (TPSA) is 60.8 Å². The Kier molecular flexibility index (Phi) is 15.9. The third kappa shape index (κ3) is 15.9. The smallest absolute Gasteiger partial charge is 0.450 e. The average Bonchev–Trinajstić information content (AvgIpc) is 2.59. The number of hydrogen-bond donors (Lipinski definition) is 2. The van der Waals surface area contributed by atoms with Crippen LogP contribution in [0, 0.1) is 0 Å². The Morgan fingerprint density at radius 1 is 0.885 bits per heavy atom. The summed E-state index contributed by atoms with van der Waals surface area (Å²) >= 11 is 0. The van der Waals surface area contributed by atoms with Crippen molar-refractivity contribution in [3.63, 3.8) is 0 Å². The number of likely N-dealkylation sites (N-methyl/N-ethyl adjacent to an activating group) is 1. The van der Waals surface area contributed by atoms with Crippen LogP contribution < -0.4 is 0 Å². The Labute approximate surface area is 160 Å². The van der Waals surface area contributed by atoms with Gasteiger partial charge < -0.3 is 15.1 Å². The van der Waals surface area contributed by atoms with Crippen molar-refractivity contribution in [2.24, 2.45) is 0 Å². The van der Waals surface area contributed by atoms with Crippen LogP contribution in [0.5, 0.6) is 0 Å². The van der Waals surface area contributed by atoms with Crippen LogP contribution >= 0.6 is 0 Å². The van der Waals surface area contributed by atoms with Gasteiger partial charge in [-0.2, -0.15) is 0 Å². The molecule has 1 unspecified atom stereocenters. The molecule has 1 rings (SSSR count). The number of benzene rings is 1. The summed E-state index contributed by atoms with van der Waals surface area (Å²) in [5.74, 6) is 0. The van der Waals surface area contributed by atoms with Crippen LogP contribution in [-0.2, 0) is 6.42 Å². The Morgan fingerprint density at radius 3 is 1.81 bits per heavy atom. The van der Waals surface area contributed by atoms with Crippen LogP contribution in [0.3, 0.4) is 0 Å². The first-order chi connectivity index (χ1) is 12.5. The fourth-order valence-electron chi connectivity index (χ4n) is 3.12. The molecule has 0 radical (unpaired) electrons. The van der Waals surface area contributed by atoms with E-state index in [9.17, 15) is 0 Å². The van der Waals surface area contributed by atoms with Gasteiger partial charge in [-0.25, -0.2) is 4.79 Å². The van der Waals surface area contributed by atoms with E-state index >= 15 is 0 Å². The highest BCUT2D eigenvalue weighted by molar-refractivity contribution is 5.53. The van der Waals surface area contributed by atoms with Crippen molar-refractivity contribution in [1.82, 2.24) is 4.90 Å². The molecule has 4 heteroatoms. The molecule has 0 spiro atoms. The second-order valence-corrected chi connectivity index (χ2v) is 7.21. The Hall–Kier alpha value is -1.55. The third-order valence-corrected chi connectivity index (χ3v) is 4.69. The van der Waals surface area contributed by atoms with E-state index in [4.69, 9.17) is 15.0 Å². The minimum Gasteiger partial charge on any atom is -0.450 e. The molecule has 0 bridgehead atoms. The lowest BCUT2D eigenvalue weighted by molar-refractivity contribution is 0.137. The van der Waals surface area contributed by atoms with Crippen LogP contribution in [0.15, 0.2) is 30.3 Å². The second-order valence-electron chi connectivity index (χ2n) is 7.21. The van der Waals surface area contributed by atoms with Gasteiger partial charge in [0.1, 0.15) is 0 Å². The lowest BCUT2D eigenvalue weighted by Crippen LogP contribution is -2.30. The van der Waals surface area contributed by atoms with Crippen LogP contribution in [0.1, 0.15) is 76.7 Å². The summed E-state index contributed by atoms with van der Waals surface area (Å²) in [6.07, 6.45) is 13.4. The molecule has 0 saturated carbocycles. The van der Waals surface area contributed by atoms with Crippen molar-refractivity contribution >= 4 is 6.16 Å². The molecule has 26 heavy (non-hydrogen) atoms. The van der Waals surface area contributed by atoms with Crippen LogP contribution in [0.2, 0.25) is 0 Å². The molecule has 0 fully saturated rings. The SMILES string of the molecule is CCCCCCCCCCCC(Cc1ccccc1)N(C)C.O=C(O)O. The van der Waals surface area contributed by atoms with Crippen molar-refractivity contribution < 1.29 is 15.0 Å². The summed E-state index contributed by atoms with van der Waals surface area (Å²) in [6, 6.07) is 11.6. The molecule has 2 N–H and O–H groups in total. The molecule has 4 nitrogen and oxygen atoms in total. The number of rotatable bonds is 13. The van der Waals surface area contributed by atoms with Crippen molar-refractivity contribution in [3.05, 3.63) is 35.9 Å². The number of nitrogens with zero attached hydrogens (tertiary/aromatic N) is 1. The molecule has 150 valence electrons. The lowest BCUT2D eigenvalue weighted by atomic mass is 9.98. The minimum atomic E-state index is -1.83. The van der Waals surface area contributed by atoms with Gasteiger partial charge in [-0.1, -0.05) is 95.0 Å². The fraction of sp³-hybridized carbons (Fsp3) is 0.682. The van der Waals surface area contributed by atoms with E-state index in [1.807, 2.05) is 0 Å². The van der Waals surface area contributed by atoms with Crippen molar-refractivity contribution in [1.29, 1.82) is 0 Å². The van der Waals surface area contributed by atoms with Crippen LogP contribution in [0.4, 0.5) is 4.79 Å². The highest BCUT2D eigenvalue weighted by atomic mass is 16.6.